The van der Waals surface area contributed by atoms with Gasteiger partial charge in [-0.25, -0.2) is 4.79 Å². The molecule has 0 spiro atoms. The van der Waals surface area contributed by atoms with Gasteiger partial charge in [-0.05, 0) is 52.5 Å². The molecule has 0 unspecified atom stereocenters. The number of benzene rings is 2. The molecule has 0 aliphatic carbocycles. The quantitative estimate of drug-likeness (QED) is 0.268. The molecule has 0 saturated carbocycles. The van der Waals surface area contributed by atoms with E-state index in [-0.39, 0.29) is 16.8 Å². The lowest BCUT2D eigenvalue weighted by atomic mass is 9.79. The van der Waals surface area contributed by atoms with Crippen molar-refractivity contribution in [2.45, 2.75) is 98.4 Å². The van der Waals surface area contributed by atoms with Gasteiger partial charge < -0.3 is 14.8 Å². The van der Waals surface area contributed by atoms with Crippen LogP contribution >= 0.6 is 0 Å². The Labute approximate surface area is 207 Å². The van der Waals surface area contributed by atoms with E-state index in [9.17, 15) is 4.79 Å². The molecular weight excluding hydrogens is 422 g/mol. The number of rotatable bonds is 11. The van der Waals surface area contributed by atoms with Crippen molar-refractivity contribution >= 4 is 11.7 Å². The lowest BCUT2D eigenvalue weighted by Gasteiger charge is -2.26. The first-order chi connectivity index (χ1) is 16.0. The van der Waals surface area contributed by atoms with Crippen LogP contribution in [0.5, 0.6) is 5.75 Å². The Kier molecular flexibility index (Phi) is 10.0. The monoisotopic (exact) mass is 467 g/mol. The third-order valence-electron chi connectivity index (χ3n) is 5.91. The summed E-state index contributed by atoms with van der Waals surface area (Å²) in [6.07, 6.45) is 3.83. The third-order valence-corrected chi connectivity index (χ3v) is 5.91. The van der Waals surface area contributed by atoms with E-state index in [1.165, 1.54) is 16.7 Å². The van der Waals surface area contributed by atoms with Crippen molar-refractivity contribution < 1.29 is 14.3 Å². The van der Waals surface area contributed by atoms with Crippen LogP contribution < -0.4 is 10.1 Å². The van der Waals surface area contributed by atoms with Gasteiger partial charge >= 0.3 is 5.97 Å². The number of carbonyl (C=O) groups excluding carboxylic acids is 1. The molecule has 1 N–H and O–H groups in total. The van der Waals surface area contributed by atoms with Gasteiger partial charge in [0.15, 0.2) is 0 Å². The summed E-state index contributed by atoms with van der Waals surface area (Å²) in [6.45, 7) is 19.4. The predicted octanol–water partition coefficient (Wildman–Crippen LogP) is 8.03. The van der Waals surface area contributed by atoms with E-state index in [2.05, 4.69) is 78.9 Å². The molecule has 0 amide bonds. The summed E-state index contributed by atoms with van der Waals surface area (Å²) < 4.78 is 11.4. The average molecular weight is 468 g/mol. The van der Waals surface area contributed by atoms with Gasteiger partial charge in [0.05, 0.1) is 13.2 Å². The Morgan fingerprint density at radius 3 is 1.97 bits per heavy atom. The van der Waals surface area contributed by atoms with Crippen LogP contribution in [-0.2, 0) is 22.1 Å². The fourth-order valence-electron chi connectivity index (χ4n) is 3.50. The molecule has 0 aliphatic rings. The second-order valence-corrected chi connectivity index (χ2v) is 11.2. The molecule has 2 rings (SSSR count). The molecule has 2 aromatic carbocycles. The maximum Gasteiger partial charge on any atom is 0.341 e. The van der Waals surface area contributed by atoms with Crippen molar-refractivity contribution in [3.63, 3.8) is 0 Å². The summed E-state index contributed by atoms with van der Waals surface area (Å²) >= 11 is 0. The van der Waals surface area contributed by atoms with E-state index in [0.29, 0.717) is 31.1 Å². The maximum absolute atomic E-state index is 12.6. The Bertz CT molecular complexity index is 903. The van der Waals surface area contributed by atoms with Crippen molar-refractivity contribution in [2.75, 3.05) is 18.5 Å². The number of ether oxygens (including phenoxy) is 2. The van der Waals surface area contributed by atoms with Crippen LogP contribution in [0.2, 0.25) is 0 Å². The third kappa shape index (κ3) is 8.38. The Morgan fingerprint density at radius 1 is 0.824 bits per heavy atom. The molecule has 0 bridgehead atoms. The number of hydrogen-bond donors (Lipinski definition) is 1. The first-order valence-corrected chi connectivity index (χ1v) is 12.8. The Hall–Kier alpha value is -2.49. The van der Waals surface area contributed by atoms with Crippen molar-refractivity contribution in [3.8, 4) is 5.75 Å². The van der Waals surface area contributed by atoms with Gasteiger partial charge in [-0.3, -0.25) is 0 Å². The number of carbonyl (C=O) groups is 1. The normalized spacial score (nSPS) is 11.9. The highest BCUT2D eigenvalue weighted by molar-refractivity contribution is 5.93. The van der Waals surface area contributed by atoms with Crippen molar-refractivity contribution in [1.29, 1.82) is 0 Å². The summed E-state index contributed by atoms with van der Waals surface area (Å²) in [5, 5.41) is 3.54. The van der Waals surface area contributed by atoms with Crippen LogP contribution in [0.3, 0.4) is 0 Å². The number of nitrogens with one attached hydrogen (secondary N) is 1. The first-order valence-electron chi connectivity index (χ1n) is 12.8. The fourth-order valence-corrected chi connectivity index (χ4v) is 3.50. The molecule has 0 fully saturated rings. The summed E-state index contributed by atoms with van der Waals surface area (Å²) in [6, 6.07) is 12.6. The van der Waals surface area contributed by atoms with Crippen LogP contribution in [0, 0.1) is 0 Å². The molecule has 0 radical (unpaired) electrons. The number of anilines is 1. The Balaban J connectivity index is 2.26. The minimum absolute atomic E-state index is 0.0794. The molecule has 4 nitrogen and oxygen atoms in total. The lowest BCUT2D eigenvalue weighted by Crippen LogP contribution is -2.17. The van der Waals surface area contributed by atoms with Crippen LogP contribution in [0.25, 0.3) is 0 Å². The SMILES string of the molecule is CCCCOC(=O)c1ccc(NCc2cc(C(C)(C)C)cc(C(C)(C)C)c2)cc1OCCCC. The van der Waals surface area contributed by atoms with Crippen molar-refractivity contribution in [2.24, 2.45) is 0 Å². The molecule has 0 saturated heterocycles. The smallest absolute Gasteiger partial charge is 0.341 e. The van der Waals surface area contributed by atoms with Gasteiger partial charge in [0.2, 0.25) is 0 Å². The number of esters is 1. The van der Waals surface area contributed by atoms with Gasteiger partial charge in [0, 0.05) is 18.3 Å². The topological polar surface area (TPSA) is 47.6 Å². The number of unbranched alkanes of at least 4 members (excludes halogenated alkanes) is 2. The molecule has 2 aromatic rings. The van der Waals surface area contributed by atoms with Gasteiger partial charge in [-0.1, -0.05) is 86.4 Å². The number of hydrogen-bond acceptors (Lipinski definition) is 4. The minimum atomic E-state index is -0.320. The summed E-state index contributed by atoms with van der Waals surface area (Å²) in [5.41, 5.74) is 5.49. The van der Waals surface area contributed by atoms with Crippen molar-refractivity contribution in [1.82, 2.24) is 0 Å². The Morgan fingerprint density at radius 2 is 1.41 bits per heavy atom. The molecule has 4 heteroatoms. The largest absolute Gasteiger partial charge is 0.493 e. The summed E-state index contributed by atoms with van der Waals surface area (Å²) in [4.78, 5) is 12.6. The van der Waals surface area contributed by atoms with E-state index < -0.39 is 0 Å². The second kappa shape index (κ2) is 12.3. The fraction of sp³-hybridized carbons (Fsp3) is 0.567. The van der Waals surface area contributed by atoms with Crippen molar-refractivity contribution in [3.05, 3.63) is 58.7 Å². The van der Waals surface area contributed by atoms with Gasteiger partial charge in [0.25, 0.3) is 0 Å². The highest BCUT2D eigenvalue weighted by atomic mass is 16.5. The van der Waals surface area contributed by atoms with E-state index in [4.69, 9.17) is 9.47 Å². The zero-order valence-electron chi connectivity index (χ0n) is 22.6. The van der Waals surface area contributed by atoms with Gasteiger partial charge in [0.1, 0.15) is 11.3 Å². The van der Waals surface area contributed by atoms with E-state index in [1.807, 2.05) is 18.2 Å². The highest BCUT2D eigenvalue weighted by Gasteiger charge is 2.21. The predicted molar refractivity (Wildman–Crippen MR) is 143 cm³/mol. The van der Waals surface area contributed by atoms with Crippen LogP contribution in [0.1, 0.15) is 108 Å². The molecule has 34 heavy (non-hydrogen) atoms. The minimum Gasteiger partial charge on any atom is -0.493 e. The van der Waals surface area contributed by atoms with Gasteiger partial charge in [-0.2, -0.15) is 0 Å². The lowest BCUT2D eigenvalue weighted by molar-refractivity contribution is 0.0495. The zero-order chi connectivity index (χ0) is 25.4. The average Bonchev–Trinajstić information content (AvgIpc) is 2.76. The molecular formula is C30H45NO3. The molecule has 0 atom stereocenters. The van der Waals surface area contributed by atoms with E-state index in [0.717, 1.165) is 31.4 Å². The van der Waals surface area contributed by atoms with Gasteiger partial charge in [-0.15, -0.1) is 0 Å². The second-order valence-electron chi connectivity index (χ2n) is 11.2. The zero-order valence-corrected chi connectivity index (χ0v) is 22.6. The van der Waals surface area contributed by atoms with E-state index >= 15 is 0 Å². The molecule has 0 aliphatic heterocycles. The maximum atomic E-state index is 12.6. The summed E-state index contributed by atoms with van der Waals surface area (Å²) in [7, 11) is 0. The van der Waals surface area contributed by atoms with Crippen LogP contribution in [0.4, 0.5) is 5.69 Å². The standard InChI is InChI=1S/C30H45NO3/c1-9-11-15-33-27-20-25(13-14-26(27)28(32)34-16-12-10-2)31-21-22-17-23(29(3,4)5)19-24(18-22)30(6,7)8/h13-14,17-20,31H,9-12,15-16,21H2,1-8H3. The van der Waals surface area contributed by atoms with Crippen LogP contribution in [-0.4, -0.2) is 19.2 Å². The summed E-state index contributed by atoms with van der Waals surface area (Å²) in [5.74, 6) is 0.262. The molecule has 0 aromatic heterocycles. The molecule has 188 valence electrons. The van der Waals surface area contributed by atoms with Crippen LogP contribution in [0.15, 0.2) is 36.4 Å². The highest BCUT2D eigenvalue weighted by Crippen LogP contribution is 2.31. The first kappa shape index (κ1) is 27.8. The molecule has 0 heterocycles. The van der Waals surface area contributed by atoms with E-state index in [1.54, 1.807) is 0 Å².